The van der Waals surface area contributed by atoms with Crippen molar-refractivity contribution in [3.63, 3.8) is 0 Å². The summed E-state index contributed by atoms with van der Waals surface area (Å²) in [7, 11) is 0. The van der Waals surface area contributed by atoms with Crippen molar-refractivity contribution < 1.29 is 0 Å². The Morgan fingerprint density at radius 3 is 2.75 bits per heavy atom. The first kappa shape index (κ1) is 9.96. The highest BCUT2D eigenvalue weighted by Crippen LogP contribution is 2.24. The first-order valence-electron chi connectivity index (χ1n) is 3.27. The van der Waals surface area contributed by atoms with Gasteiger partial charge in [0, 0.05) is 14.6 Å². The minimum absolute atomic E-state index is 0.409. The quantitative estimate of drug-likeness (QED) is 0.800. The molecule has 0 heterocycles. The van der Waals surface area contributed by atoms with Crippen LogP contribution in [0.5, 0.6) is 0 Å². The third-order valence-corrected chi connectivity index (χ3v) is 4.04. The van der Waals surface area contributed by atoms with Crippen LogP contribution in [0.3, 0.4) is 0 Å². The molecule has 0 amide bonds. The zero-order valence-corrected chi connectivity index (χ0v) is 9.89. The van der Waals surface area contributed by atoms with Crippen LogP contribution in [0.2, 0.25) is 0 Å². The summed E-state index contributed by atoms with van der Waals surface area (Å²) in [5, 5.41) is 8.82. The molecule has 2 nitrogen and oxygen atoms in total. The van der Waals surface area contributed by atoms with E-state index in [1.54, 1.807) is 0 Å². The Morgan fingerprint density at radius 2 is 2.25 bits per heavy atom. The summed E-state index contributed by atoms with van der Waals surface area (Å²) in [6.45, 7) is 0.409. The minimum Gasteiger partial charge on any atom is -0.326 e. The number of rotatable bonds is 1. The summed E-state index contributed by atoms with van der Waals surface area (Å²) >= 11 is 5.48. The van der Waals surface area contributed by atoms with Gasteiger partial charge in [-0.05, 0) is 50.2 Å². The molecule has 2 N–H and O–H groups in total. The standard InChI is InChI=1S/C8H6BrIN2/c9-7-2-1-5(3-11)6(4-12)8(7)10/h1-2H,3,11H2. The molecule has 0 unspecified atom stereocenters. The zero-order chi connectivity index (χ0) is 9.14. The van der Waals surface area contributed by atoms with Crippen molar-refractivity contribution in [3.05, 3.63) is 31.3 Å². The lowest BCUT2D eigenvalue weighted by Crippen LogP contribution is -2.01. The molecule has 0 aliphatic rings. The van der Waals surface area contributed by atoms with Crippen LogP contribution in [-0.2, 0) is 6.54 Å². The molecule has 1 rings (SSSR count). The maximum Gasteiger partial charge on any atom is 0.101 e. The fourth-order valence-corrected chi connectivity index (χ4v) is 1.86. The Balaban J connectivity index is 3.38. The number of hydrogen-bond acceptors (Lipinski definition) is 2. The van der Waals surface area contributed by atoms with Crippen molar-refractivity contribution in [1.29, 1.82) is 5.26 Å². The van der Waals surface area contributed by atoms with E-state index in [1.165, 1.54) is 0 Å². The second kappa shape index (κ2) is 4.21. The number of nitrogens with zero attached hydrogens (tertiary/aromatic N) is 1. The molecule has 0 bridgehead atoms. The molecule has 0 fully saturated rings. The van der Waals surface area contributed by atoms with Gasteiger partial charge in [-0.25, -0.2) is 0 Å². The van der Waals surface area contributed by atoms with Crippen molar-refractivity contribution in [1.82, 2.24) is 0 Å². The number of benzene rings is 1. The van der Waals surface area contributed by atoms with E-state index < -0.39 is 0 Å². The summed E-state index contributed by atoms with van der Waals surface area (Å²) in [5.74, 6) is 0. The van der Waals surface area contributed by atoms with Crippen molar-refractivity contribution in [2.24, 2.45) is 5.73 Å². The predicted molar refractivity (Wildman–Crippen MR) is 59.5 cm³/mol. The topological polar surface area (TPSA) is 49.8 Å². The van der Waals surface area contributed by atoms with E-state index in [0.29, 0.717) is 12.1 Å². The molecule has 0 radical (unpaired) electrons. The number of halogens is 2. The highest BCUT2D eigenvalue weighted by molar-refractivity contribution is 14.1. The molecule has 0 atom stereocenters. The van der Waals surface area contributed by atoms with Gasteiger partial charge in [-0.3, -0.25) is 0 Å². The largest absolute Gasteiger partial charge is 0.326 e. The Hall–Kier alpha value is -0.120. The van der Waals surface area contributed by atoms with Gasteiger partial charge >= 0.3 is 0 Å². The summed E-state index contributed by atoms with van der Waals surface area (Å²) in [5.41, 5.74) is 7.04. The van der Waals surface area contributed by atoms with E-state index in [9.17, 15) is 0 Å². The molecule has 0 aliphatic carbocycles. The van der Waals surface area contributed by atoms with E-state index in [0.717, 1.165) is 13.6 Å². The summed E-state index contributed by atoms with van der Waals surface area (Å²) in [4.78, 5) is 0. The van der Waals surface area contributed by atoms with Gasteiger partial charge in [0.1, 0.15) is 6.07 Å². The van der Waals surface area contributed by atoms with Gasteiger partial charge < -0.3 is 5.73 Å². The number of nitrogens with two attached hydrogens (primary N) is 1. The third kappa shape index (κ3) is 1.79. The van der Waals surface area contributed by atoms with Gasteiger partial charge in [-0.15, -0.1) is 0 Å². The average molecular weight is 337 g/mol. The van der Waals surface area contributed by atoms with Crippen LogP contribution in [0, 0.1) is 14.9 Å². The second-order valence-corrected chi connectivity index (χ2v) is 4.14. The van der Waals surface area contributed by atoms with Crippen LogP contribution < -0.4 is 5.73 Å². The SMILES string of the molecule is N#Cc1c(CN)ccc(Br)c1I. The molecule has 4 heteroatoms. The Morgan fingerprint density at radius 1 is 1.58 bits per heavy atom. The summed E-state index contributed by atoms with van der Waals surface area (Å²) in [6.07, 6.45) is 0. The van der Waals surface area contributed by atoms with Gasteiger partial charge in [0.05, 0.1) is 5.56 Å². The van der Waals surface area contributed by atoms with Crippen LogP contribution in [0.15, 0.2) is 16.6 Å². The van der Waals surface area contributed by atoms with Crippen molar-refractivity contribution in [2.45, 2.75) is 6.54 Å². The first-order chi connectivity index (χ1) is 5.70. The molecule has 0 saturated heterocycles. The second-order valence-electron chi connectivity index (χ2n) is 2.21. The lowest BCUT2D eigenvalue weighted by molar-refractivity contribution is 1.06. The highest BCUT2D eigenvalue weighted by Gasteiger charge is 2.07. The number of hydrogen-bond donors (Lipinski definition) is 1. The average Bonchev–Trinajstić information content (AvgIpc) is 2.09. The van der Waals surface area contributed by atoms with Crippen molar-refractivity contribution in [3.8, 4) is 6.07 Å². The molecule has 12 heavy (non-hydrogen) atoms. The fourth-order valence-electron chi connectivity index (χ4n) is 0.882. The maximum absolute atomic E-state index is 8.82. The minimum atomic E-state index is 0.409. The van der Waals surface area contributed by atoms with Gasteiger partial charge in [0.2, 0.25) is 0 Å². The zero-order valence-electron chi connectivity index (χ0n) is 6.14. The van der Waals surface area contributed by atoms with E-state index >= 15 is 0 Å². The van der Waals surface area contributed by atoms with Crippen LogP contribution >= 0.6 is 38.5 Å². The Labute approximate surface area is 93.0 Å². The molecule has 0 spiro atoms. The van der Waals surface area contributed by atoms with E-state index in [-0.39, 0.29) is 0 Å². The van der Waals surface area contributed by atoms with E-state index in [1.807, 2.05) is 12.1 Å². The van der Waals surface area contributed by atoms with Crippen LogP contribution in [0.25, 0.3) is 0 Å². The van der Waals surface area contributed by atoms with E-state index in [2.05, 4.69) is 44.6 Å². The molecule has 1 aromatic carbocycles. The Kier molecular flexibility index (Phi) is 3.50. The van der Waals surface area contributed by atoms with Gasteiger partial charge in [-0.2, -0.15) is 5.26 Å². The van der Waals surface area contributed by atoms with E-state index in [4.69, 9.17) is 11.0 Å². The molecule has 62 valence electrons. The van der Waals surface area contributed by atoms with Gasteiger partial charge in [0.25, 0.3) is 0 Å². The normalized spacial score (nSPS) is 9.50. The predicted octanol–water partition coefficient (Wildman–Crippen LogP) is 2.38. The van der Waals surface area contributed by atoms with Crippen molar-refractivity contribution >= 4 is 38.5 Å². The van der Waals surface area contributed by atoms with Crippen molar-refractivity contribution in [2.75, 3.05) is 0 Å². The van der Waals surface area contributed by atoms with Crippen LogP contribution in [0.1, 0.15) is 11.1 Å². The third-order valence-electron chi connectivity index (χ3n) is 1.51. The summed E-state index contributed by atoms with van der Waals surface area (Å²) < 4.78 is 1.87. The highest BCUT2D eigenvalue weighted by atomic mass is 127. The lowest BCUT2D eigenvalue weighted by Gasteiger charge is -2.03. The fraction of sp³-hybridized carbons (Fsp3) is 0.125. The first-order valence-corrected chi connectivity index (χ1v) is 5.15. The molecular weight excluding hydrogens is 331 g/mol. The Bertz CT molecular complexity index is 344. The molecule has 1 aromatic rings. The van der Waals surface area contributed by atoms with Crippen LogP contribution in [-0.4, -0.2) is 0 Å². The maximum atomic E-state index is 8.82. The van der Waals surface area contributed by atoms with Gasteiger partial charge in [-0.1, -0.05) is 6.07 Å². The lowest BCUT2D eigenvalue weighted by atomic mass is 10.1. The molecule has 0 aromatic heterocycles. The van der Waals surface area contributed by atoms with Gasteiger partial charge in [0.15, 0.2) is 0 Å². The number of nitriles is 1. The monoisotopic (exact) mass is 336 g/mol. The van der Waals surface area contributed by atoms with Crippen LogP contribution in [0.4, 0.5) is 0 Å². The molecule has 0 saturated carbocycles. The summed E-state index contributed by atoms with van der Waals surface area (Å²) in [6, 6.07) is 5.91. The molecule has 0 aliphatic heterocycles. The molecular formula is C8H6BrIN2. The smallest absolute Gasteiger partial charge is 0.101 e.